The number of aromatic nitrogens is 12. The Morgan fingerprint density at radius 3 is 1.24 bits per heavy atom. The van der Waals surface area contributed by atoms with Crippen LogP contribution in [0.3, 0.4) is 0 Å². The SMILES string of the molecule is CC(=O)OC[C@@H]1O[C@H](c2nc(C)nn2-c2cc(Cl)ccc2Cl)[C@@H](OCC(=O)NCCCCNC(=O)CO[C@@H]2[C@@H](n3cc(-c4cc(F)c(F)c(F)c4)nn3)[C@@H](OC(C)=O)[C@@H](COC(C)=O)O[C@H]2c2nc(C)nn2-c2cc(Cl)ccc2Cl)[C@H](n2cc(-c3cc(F)c(F)c(F)c3)nn2)[C@@H]1OC(C)=O. The molecule has 2 saturated heterocycles. The maximum Gasteiger partial charge on any atom is 0.303 e. The van der Waals surface area contributed by atoms with Crippen molar-refractivity contribution in [3.8, 4) is 33.9 Å². The number of amides is 2. The predicted octanol–water partition coefficient (Wildman–Crippen LogP) is 8.27. The molecule has 2 fully saturated rings. The Balaban J connectivity index is 0.883. The summed E-state index contributed by atoms with van der Waals surface area (Å²) >= 11 is 26.3. The van der Waals surface area contributed by atoms with Crippen LogP contribution in [0.1, 0.15) is 88.1 Å². The van der Waals surface area contributed by atoms with E-state index >= 15 is 0 Å². The number of esters is 4. The predicted molar refractivity (Wildman–Crippen MR) is 335 cm³/mol. The van der Waals surface area contributed by atoms with E-state index in [0.717, 1.165) is 37.1 Å². The lowest BCUT2D eigenvalue weighted by molar-refractivity contribution is -0.235. The summed E-state index contributed by atoms with van der Waals surface area (Å²) in [4.78, 5) is 87.9. The van der Waals surface area contributed by atoms with Crippen molar-refractivity contribution in [2.24, 2.45) is 0 Å². The quantitative estimate of drug-likeness (QED) is 0.0179. The molecule has 0 saturated carbocycles. The summed E-state index contributed by atoms with van der Waals surface area (Å²) < 4.78 is 140. The second kappa shape index (κ2) is 32.0. The van der Waals surface area contributed by atoms with Gasteiger partial charge in [-0.3, -0.25) is 28.8 Å². The Kier molecular flexibility index (Phi) is 23.5. The summed E-state index contributed by atoms with van der Waals surface area (Å²) in [6.07, 6.45) is -9.03. The van der Waals surface area contributed by atoms with Gasteiger partial charge in [0.15, 0.2) is 58.8 Å². The zero-order chi connectivity index (χ0) is 72.0. The van der Waals surface area contributed by atoms with Crippen molar-refractivity contribution in [1.82, 2.24) is 70.2 Å². The first kappa shape index (κ1) is 73.6. The highest BCUT2D eigenvalue weighted by Crippen LogP contribution is 2.45. The number of unbranched alkanes of at least 4 members (excludes halogenated alkanes) is 1. The fraction of sp³-hybridized carbons (Fsp3) is 0.387. The van der Waals surface area contributed by atoms with Crippen LogP contribution in [0.5, 0.6) is 0 Å². The van der Waals surface area contributed by atoms with Crippen molar-refractivity contribution in [1.29, 1.82) is 0 Å². The molecule has 100 heavy (non-hydrogen) atoms. The molecule has 2 aliphatic rings. The zero-order valence-corrected chi connectivity index (χ0v) is 56.2. The van der Waals surface area contributed by atoms with Crippen LogP contribution in [-0.4, -0.2) is 171 Å². The highest BCUT2D eigenvalue weighted by atomic mass is 35.5. The number of aryl methyl sites for hydroxylation is 2. The van der Waals surface area contributed by atoms with E-state index in [1.807, 2.05) is 0 Å². The largest absolute Gasteiger partial charge is 0.463 e. The Labute approximate surface area is 582 Å². The third-order valence-corrected chi connectivity index (χ3v) is 16.4. The molecule has 28 nitrogen and oxygen atoms in total. The third kappa shape index (κ3) is 17.2. The van der Waals surface area contributed by atoms with Crippen LogP contribution in [0.2, 0.25) is 20.1 Å². The van der Waals surface area contributed by atoms with Crippen LogP contribution in [0.15, 0.2) is 73.1 Å². The maximum absolute atomic E-state index is 14.6. The Bertz CT molecular complexity index is 4080. The molecule has 2 aliphatic heterocycles. The standard InChI is InChI=1S/C62H58Cl4F6N14O14/c1-27-75-61(85(79-27)45-19-35(63)9-11-37(45)65)59-57(53(55(97-31(5)89)47(99-59)23-93-29(3)87)83-21-43(77-81-83)33-15-39(67)51(71)40(68)16-33)95-25-49(91)73-13-7-8-14-74-50(92)26-96-58-54(84-22-44(78-82-84)34-17-41(69)52(72)42(70)18-34)56(98-32(6)90)48(24-94-30(4)88)100-60(58)62-76-28(2)80-86(62)46-20-36(64)10-12-38(46)66/h9-12,15-22,47-48,53-60H,7-8,13-14,23-26H2,1-6H3,(H,73,91)(H,74,92)/t47-,48+,53+,54-,55+,56-,57-,58+,59-,60+. The van der Waals surface area contributed by atoms with Gasteiger partial charge in [-0.2, -0.15) is 10.2 Å². The summed E-state index contributed by atoms with van der Waals surface area (Å²) in [5.74, 6) is -14.1. The molecular formula is C62H58Cl4F6N14O14. The molecule has 8 aromatic rings. The summed E-state index contributed by atoms with van der Waals surface area (Å²) in [5, 5.41) is 31.9. The first-order chi connectivity index (χ1) is 47.6. The molecule has 10 rings (SSSR count). The van der Waals surface area contributed by atoms with E-state index in [1.54, 1.807) is 13.8 Å². The Morgan fingerprint density at radius 2 is 0.890 bits per heavy atom. The number of hydrogen-bond donors (Lipinski definition) is 2. The number of rotatable bonds is 25. The number of benzene rings is 4. The average molecular weight is 1480 g/mol. The molecule has 0 bridgehead atoms. The minimum atomic E-state index is -1.75. The highest BCUT2D eigenvalue weighted by Gasteiger charge is 2.55. The van der Waals surface area contributed by atoms with Gasteiger partial charge in [0.25, 0.3) is 0 Å². The first-order valence-corrected chi connectivity index (χ1v) is 31.7. The number of ether oxygens (including phenoxy) is 8. The zero-order valence-electron chi connectivity index (χ0n) is 53.2. The highest BCUT2D eigenvalue weighted by molar-refractivity contribution is 6.35. The van der Waals surface area contributed by atoms with Gasteiger partial charge in [-0.05, 0) is 87.4 Å². The molecule has 2 amide bonds. The fourth-order valence-corrected chi connectivity index (χ4v) is 11.9. The van der Waals surface area contributed by atoms with Gasteiger partial charge in [-0.1, -0.05) is 56.8 Å². The van der Waals surface area contributed by atoms with Crippen LogP contribution in [0.4, 0.5) is 26.3 Å². The smallest absolute Gasteiger partial charge is 0.303 e. The van der Waals surface area contributed by atoms with E-state index in [0.29, 0.717) is 24.3 Å². The lowest BCUT2D eigenvalue weighted by Gasteiger charge is -2.45. The van der Waals surface area contributed by atoms with Crippen molar-refractivity contribution in [3.63, 3.8) is 0 Å². The lowest BCUT2D eigenvalue weighted by Crippen LogP contribution is -2.56. The van der Waals surface area contributed by atoms with Gasteiger partial charge in [0.1, 0.15) is 98.2 Å². The molecular weight excluding hydrogens is 1420 g/mol. The second-order valence-corrected chi connectivity index (χ2v) is 24.3. The van der Waals surface area contributed by atoms with Crippen LogP contribution in [-0.2, 0) is 66.7 Å². The van der Waals surface area contributed by atoms with Crippen LogP contribution < -0.4 is 10.6 Å². The number of carbonyl (C=O) groups excluding carboxylic acids is 6. The van der Waals surface area contributed by atoms with E-state index in [4.69, 9.17) is 84.3 Å². The fourth-order valence-electron chi connectivity index (χ4n) is 11.1. The summed E-state index contributed by atoms with van der Waals surface area (Å²) in [6, 6.07) is 8.80. The van der Waals surface area contributed by atoms with Gasteiger partial charge in [0.05, 0.1) is 33.8 Å². The normalized spacial score (nSPS) is 20.6. The molecule has 4 aromatic heterocycles. The van der Waals surface area contributed by atoms with Crippen molar-refractivity contribution in [3.05, 3.63) is 151 Å². The molecule has 0 radical (unpaired) electrons. The van der Waals surface area contributed by atoms with Gasteiger partial charge < -0.3 is 48.5 Å². The summed E-state index contributed by atoms with van der Waals surface area (Å²) in [7, 11) is 0. The van der Waals surface area contributed by atoms with Gasteiger partial charge in [-0.15, -0.1) is 10.2 Å². The molecule has 0 unspecified atom stereocenters. The van der Waals surface area contributed by atoms with E-state index in [9.17, 15) is 55.1 Å². The van der Waals surface area contributed by atoms with E-state index in [2.05, 4.69) is 51.4 Å². The summed E-state index contributed by atoms with van der Waals surface area (Å²) in [6.45, 7) is 4.75. The number of nitrogens with zero attached hydrogens (tertiary/aromatic N) is 12. The Hall–Kier alpha value is -9.16. The molecule has 2 N–H and O–H groups in total. The maximum atomic E-state index is 14.6. The number of halogens is 10. The topological polar surface area (TPSA) is 323 Å². The molecule has 0 aliphatic carbocycles. The van der Waals surface area contributed by atoms with E-state index in [-0.39, 0.29) is 103 Å². The van der Waals surface area contributed by atoms with Crippen molar-refractivity contribution in [2.75, 3.05) is 39.5 Å². The molecule has 38 heteroatoms. The van der Waals surface area contributed by atoms with Crippen molar-refractivity contribution < 1.29 is 93.0 Å². The van der Waals surface area contributed by atoms with Crippen LogP contribution >= 0.6 is 46.4 Å². The van der Waals surface area contributed by atoms with Gasteiger partial charge in [0.2, 0.25) is 11.8 Å². The number of hydrogen-bond acceptors (Lipinski definition) is 22. The second-order valence-electron chi connectivity index (χ2n) is 22.6. The van der Waals surface area contributed by atoms with E-state index in [1.165, 1.54) is 58.2 Å². The molecule has 530 valence electrons. The van der Waals surface area contributed by atoms with E-state index < -0.39 is 158 Å². The third-order valence-electron chi connectivity index (χ3n) is 15.3. The molecule has 4 aromatic carbocycles. The van der Waals surface area contributed by atoms with Crippen molar-refractivity contribution in [2.45, 2.75) is 115 Å². The minimum Gasteiger partial charge on any atom is -0.463 e. The molecule has 6 heterocycles. The lowest BCUT2D eigenvalue weighted by atomic mass is 9.91. The Morgan fingerprint density at radius 1 is 0.520 bits per heavy atom. The van der Waals surface area contributed by atoms with Crippen LogP contribution in [0.25, 0.3) is 33.9 Å². The van der Waals surface area contributed by atoms with Gasteiger partial charge in [-0.25, -0.2) is 55.0 Å². The molecule has 0 spiro atoms. The average Bonchev–Trinajstić information content (AvgIpc) is 1.43. The number of nitrogens with one attached hydrogen (secondary N) is 2. The number of carbonyl (C=O) groups is 6. The minimum absolute atomic E-state index is 0.0240. The first-order valence-electron chi connectivity index (χ1n) is 30.2. The van der Waals surface area contributed by atoms with Gasteiger partial charge >= 0.3 is 23.9 Å². The summed E-state index contributed by atoms with van der Waals surface area (Å²) in [5.41, 5.74) is -0.531. The van der Waals surface area contributed by atoms with Crippen LogP contribution in [0, 0.1) is 48.8 Å². The van der Waals surface area contributed by atoms with Crippen molar-refractivity contribution >= 4 is 82.1 Å². The monoisotopic (exact) mass is 1480 g/mol. The van der Waals surface area contributed by atoms with Gasteiger partial charge in [0, 0.05) is 62.0 Å². The molecule has 10 atom stereocenters.